The van der Waals surface area contributed by atoms with Crippen molar-refractivity contribution in [1.82, 2.24) is 20.5 Å². The number of carbonyl (C=O) groups excluding carboxylic acids is 1. The van der Waals surface area contributed by atoms with Crippen molar-refractivity contribution in [2.24, 2.45) is 0 Å². The fourth-order valence-electron chi connectivity index (χ4n) is 2.42. The number of amides is 2. The molecule has 2 aromatic heterocycles. The molecule has 0 spiro atoms. The van der Waals surface area contributed by atoms with Gasteiger partial charge >= 0.3 is 6.03 Å². The molecule has 0 aliphatic heterocycles. The van der Waals surface area contributed by atoms with Crippen LogP contribution in [-0.4, -0.2) is 21.2 Å². The highest BCUT2D eigenvalue weighted by Gasteiger charge is 2.16. The largest absolute Gasteiger partial charge is 0.329 e. The molecule has 2 heterocycles. The van der Waals surface area contributed by atoms with Crippen LogP contribution >= 0.6 is 0 Å². The van der Waals surface area contributed by atoms with E-state index >= 15 is 0 Å². The minimum Gasteiger partial charge on any atom is -0.329 e. The molecule has 6 heteroatoms. The van der Waals surface area contributed by atoms with Gasteiger partial charge in [0.15, 0.2) is 0 Å². The summed E-state index contributed by atoms with van der Waals surface area (Å²) in [6, 6.07) is 13.4. The lowest BCUT2D eigenvalue weighted by Crippen LogP contribution is -2.34. The van der Waals surface area contributed by atoms with Gasteiger partial charge in [-0.1, -0.05) is 35.9 Å². The molecule has 3 aromatic rings. The van der Waals surface area contributed by atoms with Gasteiger partial charge in [-0.3, -0.25) is 10.1 Å². The number of rotatable bonds is 5. The minimum absolute atomic E-state index is 0.221. The van der Waals surface area contributed by atoms with E-state index in [0.29, 0.717) is 12.1 Å². The Labute approximate surface area is 140 Å². The molecule has 2 amide bonds. The van der Waals surface area contributed by atoms with Crippen LogP contribution in [0.3, 0.4) is 0 Å². The van der Waals surface area contributed by atoms with Gasteiger partial charge in [-0.2, -0.15) is 5.10 Å². The number of benzene rings is 1. The smallest absolute Gasteiger partial charge is 0.319 e. The fraction of sp³-hybridized carbons (Fsp3) is 0.167. The molecule has 6 nitrogen and oxygen atoms in total. The summed E-state index contributed by atoms with van der Waals surface area (Å²) in [5.74, 6) is 0. The summed E-state index contributed by atoms with van der Waals surface area (Å²) in [6.45, 7) is 2.05. The Kier molecular flexibility index (Phi) is 4.86. The van der Waals surface area contributed by atoms with Crippen molar-refractivity contribution in [3.05, 3.63) is 77.9 Å². The average molecular weight is 321 g/mol. The van der Waals surface area contributed by atoms with E-state index in [-0.39, 0.29) is 12.1 Å². The molecule has 0 radical (unpaired) electrons. The molecule has 1 atom stereocenters. The molecule has 3 N–H and O–H groups in total. The van der Waals surface area contributed by atoms with Crippen molar-refractivity contribution in [2.45, 2.75) is 19.4 Å². The number of H-pyrrole nitrogens is 1. The van der Waals surface area contributed by atoms with Crippen LogP contribution in [0.4, 0.5) is 10.5 Å². The van der Waals surface area contributed by atoms with E-state index in [2.05, 4.69) is 57.0 Å². The number of nitrogens with zero attached hydrogens (tertiary/aromatic N) is 2. The zero-order valence-electron chi connectivity index (χ0n) is 13.4. The maximum absolute atomic E-state index is 12.2. The lowest BCUT2D eigenvalue weighted by Gasteiger charge is -2.18. The summed E-state index contributed by atoms with van der Waals surface area (Å²) in [5.41, 5.74) is 3.78. The Morgan fingerprint density at radius 3 is 2.71 bits per heavy atom. The van der Waals surface area contributed by atoms with E-state index in [1.54, 1.807) is 18.6 Å². The van der Waals surface area contributed by atoms with E-state index in [4.69, 9.17) is 0 Å². The highest BCUT2D eigenvalue weighted by atomic mass is 16.2. The van der Waals surface area contributed by atoms with E-state index in [0.717, 1.165) is 11.3 Å². The lowest BCUT2D eigenvalue weighted by molar-refractivity contribution is 0.248. The molecule has 0 fully saturated rings. The molecule has 0 bridgehead atoms. The second kappa shape index (κ2) is 7.41. The summed E-state index contributed by atoms with van der Waals surface area (Å²) < 4.78 is 0. The van der Waals surface area contributed by atoms with E-state index in [1.165, 1.54) is 5.56 Å². The number of hydrogen-bond donors (Lipinski definition) is 3. The van der Waals surface area contributed by atoms with Crippen molar-refractivity contribution in [1.29, 1.82) is 0 Å². The Morgan fingerprint density at radius 2 is 2.04 bits per heavy atom. The van der Waals surface area contributed by atoms with Crippen LogP contribution in [0.2, 0.25) is 0 Å². The van der Waals surface area contributed by atoms with Crippen LogP contribution in [0.5, 0.6) is 0 Å². The molecule has 1 aromatic carbocycles. The first kappa shape index (κ1) is 15.7. The molecule has 122 valence electrons. The molecule has 0 saturated heterocycles. The van der Waals surface area contributed by atoms with Crippen LogP contribution in [0.25, 0.3) is 0 Å². The number of urea groups is 1. The third-order valence-corrected chi connectivity index (χ3v) is 3.67. The normalized spacial score (nSPS) is 11.7. The predicted octanol–water partition coefficient (Wildman–Crippen LogP) is 3.22. The highest BCUT2D eigenvalue weighted by molar-refractivity contribution is 5.89. The molecule has 0 aliphatic rings. The Balaban J connectivity index is 1.74. The summed E-state index contributed by atoms with van der Waals surface area (Å²) in [4.78, 5) is 16.6. The van der Waals surface area contributed by atoms with Gasteiger partial charge in [0.1, 0.15) is 0 Å². The average Bonchev–Trinajstić information content (AvgIpc) is 3.10. The second-order valence-electron chi connectivity index (χ2n) is 5.58. The third kappa shape index (κ3) is 4.19. The van der Waals surface area contributed by atoms with Gasteiger partial charge in [0.25, 0.3) is 0 Å². The second-order valence-corrected chi connectivity index (χ2v) is 5.58. The van der Waals surface area contributed by atoms with Crippen molar-refractivity contribution in [2.75, 3.05) is 5.32 Å². The summed E-state index contributed by atoms with van der Waals surface area (Å²) in [6.07, 6.45) is 5.56. The van der Waals surface area contributed by atoms with Gasteiger partial charge in [0, 0.05) is 12.4 Å². The van der Waals surface area contributed by atoms with Crippen molar-refractivity contribution >= 4 is 11.7 Å². The van der Waals surface area contributed by atoms with Crippen LogP contribution in [0.1, 0.15) is 22.9 Å². The molecular formula is C18H19N5O. The van der Waals surface area contributed by atoms with E-state index in [9.17, 15) is 4.79 Å². The van der Waals surface area contributed by atoms with Crippen molar-refractivity contribution in [3.63, 3.8) is 0 Å². The number of aromatic nitrogens is 3. The topological polar surface area (TPSA) is 82.7 Å². The van der Waals surface area contributed by atoms with E-state index in [1.807, 2.05) is 18.2 Å². The number of pyridine rings is 1. The van der Waals surface area contributed by atoms with Crippen LogP contribution in [0.15, 0.2) is 61.1 Å². The first-order chi connectivity index (χ1) is 11.7. The van der Waals surface area contributed by atoms with Gasteiger partial charge in [0.05, 0.1) is 23.6 Å². The van der Waals surface area contributed by atoms with Crippen LogP contribution in [-0.2, 0) is 6.42 Å². The summed E-state index contributed by atoms with van der Waals surface area (Å²) in [5, 5.41) is 12.2. The lowest BCUT2D eigenvalue weighted by atomic mass is 10.0. The maximum atomic E-state index is 12.2. The first-order valence-corrected chi connectivity index (χ1v) is 7.73. The van der Waals surface area contributed by atoms with Gasteiger partial charge in [-0.25, -0.2) is 4.79 Å². The fourth-order valence-corrected chi connectivity index (χ4v) is 2.42. The number of carbonyl (C=O) groups is 1. The molecule has 0 saturated carbocycles. The Morgan fingerprint density at radius 1 is 1.21 bits per heavy atom. The molecular weight excluding hydrogens is 302 g/mol. The molecule has 3 rings (SSSR count). The Bertz CT molecular complexity index is 769. The first-order valence-electron chi connectivity index (χ1n) is 7.73. The summed E-state index contributed by atoms with van der Waals surface area (Å²) in [7, 11) is 0. The SMILES string of the molecule is Cc1ccc(CC(NC(=O)Nc2cn[nH]c2)c2ccccn2)cc1. The molecule has 24 heavy (non-hydrogen) atoms. The van der Waals surface area contributed by atoms with Gasteiger partial charge in [-0.05, 0) is 31.0 Å². The van der Waals surface area contributed by atoms with Crippen LogP contribution in [0, 0.1) is 6.92 Å². The maximum Gasteiger partial charge on any atom is 0.319 e. The van der Waals surface area contributed by atoms with Crippen LogP contribution < -0.4 is 10.6 Å². The van der Waals surface area contributed by atoms with E-state index < -0.39 is 0 Å². The number of hydrogen-bond acceptors (Lipinski definition) is 3. The number of nitrogens with one attached hydrogen (secondary N) is 3. The van der Waals surface area contributed by atoms with Gasteiger partial charge in [0.2, 0.25) is 0 Å². The molecule has 0 aliphatic carbocycles. The third-order valence-electron chi connectivity index (χ3n) is 3.67. The zero-order chi connectivity index (χ0) is 16.8. The molecule has 1 unspecified atom stereocenters. The number of anilines is 1. The van der Waals surface area contributed by atoms with Crippen molar-refractivity contribution in [3.8, 4) is 0 Å². The minimum atomic E-state index is -0.292. The quantitative estimate of drug-likeness (QED) is 0.675. The van der Waals surface area contributed by atoms with Gasteiger partial charge < -0.3 is 10.6 Å². The summed E-state index contributed by atoms with van der Waals surface area (Å²) >= 11 is 0. The predicted molar refractivity (Wildman–Crippen MR) is 92.6 cm³/mol. The number of aromatic amines is 1. The Hall–Kier alpha value is -3.15. The van der Waals surface area contributed by atoms with Crippen molar-refractivity contribution < 1.29 is 4.79 Å². The monoisotopic (exact) mass is 321 g/mol. The zero-order valence-corrected chi connectivity index (χ0v) is 13.4. The standard InChI is InChI=1S/C18H19N5O/c1-13-5-7-14(8-6-13)10-17(16-4-2-3-9-19-16)23-18(24)22-15-11-20-21-12-15/h2-9,11-12,17H,10H2,1H3,(H,20,21)(H2,22,23,24). The van der Waals surface area contributed by atoms with Gasteiger partial charge in [-0.15, -0.1) is 0 Å². The highest BCUT2D eigenvalue weighted by Crippen LogP contribution is 2.17. The number of aryl methyl sites for hydroxylation is 1.